The van der Waals surface area contributed by atoms with Gasteiger partial charge in [0.05, 0.1) is 25.4 Å². The maximum Gasteiger partial charge on any atom is 0.191 e. The molecule has 7 nitrogen and oxygen atoms in total. The van der Waals surface area contributed by atoms with E-state index in [0.717, 1.165) is 58.4 Å². The molecule has 1 aromatic rings. The first-order chi connectivity index (χ1) is 14.6. The van der Waals surface area contributed by atoms with Crippen LogP contribution in [0.1, 0.15) is 32.3 Å². The molecule has 2 heterocycles. The summed E-state index contributed by atoms with van der Waals surface area (Å²) >= 11 is 0. The Labute approximate surface area is 181 Å². The molecule has 0 saturated carbocycles. The minimum atomic E-state index is -0.855. The Hall–Kier alpha value is -1.67. The average Bonchev–Trinajstić information content (AvgIpc) is 3.18. The number of likely N-dealkylation sites (tertiary alicyclic amines) is 1. The summed E-state index contributed by atoms with van der Waals surface area (Å²) in [5.41, 5.74) is 0.510. The van der Waals surface area contributed by atoms with Crippen LogP contribution in [0, 0.1) is 0 Å². The fourth-order valence-electron chi connectivity index (χ4n) is 4.25. The Bertz CT molecular complexity index is 646. The van der Waals surface area contributed by atoms with Gasteiger partial charge in [0.25, 0.3) is 0 Å². The van der Waals surface area contributed by atoms with Crippen molar-refractivity contribution in [2.24, 2.45) is 4.99 Å². The van der Waals surface area contributed by atoms with E-state index >= 15 is 0 Å². The molecule has 2 aliphatic rings. The molecule has 0 radical (unpaired) electrons. The van der Waals surface area contributed by atoms with E-state index in [4.69, 9.17) is 4.74 Å². The van der Waals surface area contributed by atoms with Gasteiger partial charge in [-0.2, -0.15) is 0 Å². The predicted molar refractivity (Wildman–Crippen MR) is 122 cm³/mol. The molecule has 0 aliphatic carbocycles. The van der Waals surface area contributed by atoms with E-state index in [1.165, 1.54) is 18.4 Å². The zero-order chi connectivity index (χ0) is 21.2. The molecular weight excluding hydrogens is 378 g/mol. The van der Waals surface area contributed by atoms with E-state index in [1.54, 1.807) is 0 Å². The predicted octanol–water partition coefficient (Wildman–Crippen LogP) is 1.29. The van der Waals surface area contributed by atoms with E-state index in [-0.39, 0.29) is 0 Å². The Balaban J connectivity index is 1.50. The number of aliphatic imine (C=N–C) groups is 1. The lowest BCUT2D eigenvalue weighted by Gasteiger charge is -2.33. The van der Waals surface area contributed by atoms with Crippen molar-refractivity contribution in [1.82, 2.24) is 20.4 Å². The van der Waals surface area contributed by atoms with Gasteiger partial charge in [0, 0.05) is 45.3 Å². The molecule has 2 aliphatic heterocycles. The fraction of sp³-hybridized carbons (Fsp3) is 0.696. The smallest absolute Gasteiger partial charge is 0.191 e. The van der Waals surface area contributed by atoms with Crippen LogP contribution in [0.25, 0.3) is 0 Å². The lowest BCUT2D eigenvalue weighted by atomic mass is 10.1. The first-order valence-electron chi connectivity index (χ1n) is 11.4. The van der Waals surface area contributed by atoms with Crippen LogP contribution < -0.4 is 10.6 Å². The van der Waals surface area contributed by atoms with Crippen molar-refractivity contribution in [3.63, 3.8) is 0 Å². The second kappa shape index (κ2) is 11.6. The molecule has 2 atom stereocenters. The molecule has 3 N–H and O–H groups in total. The number of aliphatic hydroxyl groups is 1. The number of nitrogens with one attached hydrogen (secondary N) is 2. The van der Waals surface area contributed by atoms with Gasteiger partial charge in [0.15, 0.2) is 5.96 Å². The van der Waals surface area contributed by atoms with Gasteiger partial charge >= 0.3 is 0 Å². The van der Waals surface area contributed by atoms with Crippen molar-refractivity contribution < 1.29 is 9.84 Å². The first kappa shape index (κ1) is 23.0. The minimum Gasteiger partial charge on any atom is -0.387 e. The molecule has 30 heavy (non-hydrogen) atoms. The number of guanidine groups is 1. The molecule has 7 heteroatoms. The van der Waals surface area contributed by atoms with E-state index in [2.05, 4.69) is 62.7 Å². The molecule has 1 aromatic carbocycles. The minimum absolute atomic E-state index is 0.373. The zero-order valence-electron chi connectivity index (χ0n) is 18.6. The second-order valence-electron chi connectivity index (χ2n) is 8.71. The molecule has 3 rings (SSSR count). The third-order valence-electron chi connectivity index (χ3n) is 5.82. The van der Waals surface area contributed by atoms with Crippen LogP contribution in [0.3, 0.4) is 0 Å². The van der Waals surface area contributed by atoms with Gasteiger partial charge in [-0.15, -0.1) is 0 Å². The second-order valence-corrected chi connectivity index (χ2v) is 8.71. The number of hydrogen-bond acceptors (Lipinski definition) is 5. The Morgan fingerprint density at radius 2 is 1.97 bits per heavy atom. The van der Waals surface area contributed by atoms with Gasteiger partial charge in [0.2, 0.25) is 0 Å². The van der Waals surface area contributed by atoms with Crippen LogP contribution >= 0.6 is 0 Å². The van der Waals surface area contributed by atoms with Gasteiger partial charge in [-0.25, -0.2) is 0 Å². The Kier molecular flexibility index (Phi) is 8.93. The number of hydrogen-bond donors (Lipinski definition) is 3. The molecule has 2 fully saturated rings. The van der Waals surface area contributed by atoms with Gasteiger partial charge in [-0.05, 0) is 38.8 Å². The molecule has 2 saturated heterocycles. The van der Waals surface area contributed by atoms with Crippen molar-refractivity contribution in [2.45, 2.75) is 44.9 Å². The third-order valence-corrected chi connectivity index (χ3v) is 5.82. The van der Waals surface area contributed by atoms with Crippen LogP contribution in [0.5, 0.6) is 0 Å². The van der Waals surface area contributed by atoms with Crippen LogP contribution in [-0.4, -0.2) is 91.5 Å². The molecule has 0 spiro atoms. The van der Waals surface area contributed by atoms with Crippen molar-refractivity contribution in [3.8, 4) is 0 Å². The van der Waals surface area contributed by atoms with Crippen LogP contribution in [-0.2, 0) is 11.3 Å². The quantitative estimate of drug-likeness (QED) is 0.415. The monoisotopic (exact) mass is 417 g/mol. The average molecular weight is 418 g/mol. The number of β-amino-alcohol motifs (C(OH)–C–C–N with tert-alkyl or cyclic N) is 1. The molecule has 0 bridgehead atoms. The highest BCUT2D eigenvalue weighted by Crippen LogP contribution is 2.19. The highest BCUT2D eigenvalue weighted by molar-refractivity contribution is 5.79. The van der Waals surface area contributed by atoms with Crippen molar-refractivity contribution in [1.29, 1.82) is 0 Å². The van der Waals surface area contributed by atoms with Crippen LogP contribution in [0.4, 0.5) is 0 Å². The highest BCUT2D eigenvalue weighted by Gasteiger charge is 2.26. The van der Waals surface area contributed by atoms with Gasteiger partial charge in [0.1, 0.15) is 0 Å². The van der Waals surface area contributed by atoms with Crippen LogP contribution in [0.2, 0.25) is 0 Å². The normalized spacial score (nSPS) is 23.3. The van der Waals surface area contributed by atoms with E-state index in [0.29, 0.717) is 19.1 Å². The van der Waals surface area contributed by atoms with E-state index < -0.39 is 5.60 Å². The summed E-state index contributed by atoms with van der Waals surface area (Å²) in [5, 5.41) is 17.6. The summed E-state index contributed by atoms with van der Waals surface area (Å²) in [6, 6.07) is 11.2. The first-order valence-corrected chi connectivity index (χ1v) is 11.4. The van der Waals surface area contributed by atoms with Gasteiger partial charge in [-0.3, -0.25) is 14.8 Å². The number of ether oxygens (including phenoxy) is 1. The summed E-state index contributed by atoms with van der Waals surface area (Å²) < 4.78 is 5.40. The largest absolute Gasteiger partial charge is 0.387 e. The van der Waals surface area contributed by atoms with E-state index in [1.807, 2.05) is 6.92 Å². The molecule has 168 valence electrons. The zero-order valence-corrected chi connectivity index (χ0v) is 18.6. The SMILES string of the molecule is CCNC(=NCC(C)(O)CN1CCOCC1)NCC1CCCN1Cc1ccccc1. The van der Waals surface area contributed by atoms with Gasteiger partial charge in [-0.1, -0.05) is 30.3 Å². The van der Waals surface area contributed by atoms with Crippen LogP contribution in [0.15, 0.2) is 35.3 Å². The molecule has 2 unspecified atom stereocenters. The standard InChI is InChI=1S/C23H39N5O2/c1-3-24-22(26-18-23(2,29)19-27-12-14-30-15-13-27)25-16-21-10-7-11-28(21)17-20-8-5-4-6-9-20/h4-6,8-9,21,29H,3,7,10-19H2,1-2H3,(H2,24,25,26). The summed E-state index contributed by atoms with van der Waals surface area (Å²) in [4.78, 5) is 9.49. The molecule has 0 amide bonds. The summed E-state index contributed by atoms with van der Waals surface area (Å²) in [6.07, 6.45) is 2.44. The lowest BCUT2D eigenvalue weighted by molar-refractivity contribution is -0.0180. The van der Waals surface area contributed by atoms with Crippen molar-refractivity contribution in [3.05, 3.63) is 35.9 Å². The number of benzene rings is 1. The fourth-order valence-corrected chi connectivity index (χ4v) is 4.25. The van der Waals surface area contributed by atoms with Crippen molar-refractivity contribution in [2.75, 3.05) is 59.0 Å². The molecule has 0 aromatic heterocycles. The van der Waals surface area contributed by atoms with Crippen molar-refractivity contribution >= 4 is 5.96 Å². The van der Waals surface area contributed by atoms with Gasteiger partial charge < -0.3 is 20.5 Å². The summed E-state index contributed by atoms with van der Waals surface area (Å²) in [6.45, 7) is 12.0. The summed E-state index contributed by atoms with van der Waals surface area (Å²) in [7, 11) is 0. The number of nitrogens with zero attached hydrogens (tertiary/aromatic N) is 3. The topological polar surface area (TPSA) is 72.4 Å². The number of rotatable bonds is 9. The Morgan fingerprint density at radius 1 is 1.20 bits per heavy atom. The highest BCUT2D eigenvalue weighted by atomic mass is 16.5. The third kappa shape index (κ3) is 7.54. The molecular formula is C23H39N5O2. The van der Waals surface area contributed by atoms with E-state index in [9.17, 15) is 5.11 Å². The maximum absolute atomic E-state index is 10.8. The maximum atomic E-state index is 10.8. The number of morpholine rings is 1. The lowest BCUT2D eigenvalue weighted by Crippen LogP contribution is -2.49. The Morgan fingerprint density at radius 3 is 2.70 bits per heavy atom. The summed E-state index contributed by atoms with van der Waals surface area (Å²) in [5.74, 6) is 0.784.